The van der Waals surface area contributed by atoms with Crippen LogP contribution in [0.4, 0.5) is 5.69 Å². The van der Waals surface area contributed by atoms with Crippen molar-refractivity contribution in [2.24, 2.45) is 0 Å². The molecule has 2 rings (SSSR count). The van der Waals surface area contributed by atoms with E-state index in [1.165, 1.54) is 6.08 Å². The summed E-state index contributed by atoms with van der Waals surface area (Å²) in [7, 11) is 0. The van der Waals surface area contributed by atoms with Gasteiger partial charge in [0.2, 0.25) is 5.91 Å². The fourth-order valence-corrected chi connectivity index (χ4v) is 2.06. The van der Waals surface area contributed by atoms with Crippen LogP contribution in [0.5, 0.6) is 0 Å². The average molecular weight is 306 g/mol. The van der Waals surface area contributed by atoms with Crippen LogP contribution in [0.3, 0.4) is 0 Å². The first-order valence-electron chi connectivity index (χ1n) is 6.05. The maximum atomic E-state index is 11.9. The van der Waals surface area contributed by atoms with Crippen LogP contribution in [-0.2, 0) is 4.79 Å². The normalized spacial score (nSPS) is 10.8. The average Bonchev–Trinajstić information content (AvgIpc) is 2.41. The van der Waals surface area contributed by atoms with Crippen molar-refractivity contribution in [1.82, 2.24) is 0 Å². The van der Waals surface area contributed by atoms with Gasteiger partial charge in [0.25, 0.3) is 0 Å². The van der Waals surface area contributed by atoms with Gasteiger partial charge in [0, 0.05) is 21.8 Å². The summed E-state index contributed by atoms with van der Waals surface area (Å²) in [6, 6.07) is 12.7. The molecule has 2 aromatic rings. The molecule has 1 N–H and O–H groups in total. The molecule has 2 nitrogen and oxygen atoms in total. The van der Waals surface area contributed by atoms with Crippen LogP contribution >= 0.6 is 23.2 Å². The van der Waals surface area contributed by atoms with Crippen molar-refractivity contribution in [1.29, 1.82) is 0 Å². The number of anilines is 1. The Kier molecular flexibility index (Phi) is 4.83. The van der Waals surface area contributed by atoms with Crippen LogP contribution in [-0.4, -0.2) is 5.91 Å². The van der Waals surface area contributed by atoms with Gasteiger partial charge in [-0.25, -0.2) is 0 Å². The molecular formula is C16H13Cl2NO. The highest BCUT2D eigenvalue weighted by atomic mass is 35.5. The van der Waals surface area contributed by atoms with E-state index in [1.54, 1.807) is 30.3 Å². The number of rotatable bonds is 3. The molecule has 0 spiro atoms. The second-order valence-corrected chi connectivity index (χ2v) is 5.21. The summed E-state index contributed by atoms with van der Waals surface area (Å²) in [6.07, 6.45) is 3.17. The predicted molar refractivity (Wildman–Crippen MR) is 85.3 cm³/mol. The van der Waals surface area contributed by atoms with Gasteiger partial charge in [0.1, 0.15) is 0 Å². The SMILES string of the molecule is Cc1ccc(Cl)cc1NC(=O)/C=C/c1cccc(Cl)c1. The quantitative estimate of drug-likeness (QED) is 0.798. The number of hydrogen-bond acceptors (Lipinski definition) is 1. The first-order chi connectivity index (χ1) is 9.54. The number of carbonyl (C=O) groups is 1. The first kappa shape index (κ1) is 14.6. The van der Waals surface area contributed by atoms with Gasteiger partial charge < -0.3 is 5.32 Å². The summed E-state index contributed by atoms with van der Waals surface area (Å²) in [4.78, 5) is 11.9. The van der Waals surface area contributed by atoms with Gasteiger partial charge in [-0.15, -0.1) is 0 Å². The van der Waals surface area contributed by atoms with E-state index in [0.29, 0.717) is 15.7 Å². The lowest BCUT2D eigenvalue weighted by molar-refractivity contribution is -0.111. The van der Waals surface area contributed by atoms with Crippen molar-refractivity contribution in [3.8, 4) is 0 Å². The number of nitrogens with one attached hydrogen (secondary N) is 1. The maximum absolute atomic E-state index is 11.9. The highest BCUT2D eigenvalue weighted by Gasteiger charge is 2.02. The lowest BCUT2D eigenvalue weighted by Gasteiger charge is -2.06. The van der Waals surface area contributed by atoms with Gasteiger partial charge in [0.05, 0.1) is 0 Å². The van der Waals surface area contributed by atoms with Crippen LogP contribution < -0.4 is 5.32 Å². The summed E-state index contributed by atoms with van der Waals surface area (Å²) in [5.74, 6) is -0.213. The molecule has 20 heavy (non-hydrogen) atoms. The number of hydrogen-bond donors (Lipinski definition) is 1. The number of aryl methyl sites for hydroxylation is 1. The van der Waals surface area contributed by atoms with Crippen molar-refractivity contribution in [3.63, 3.8) is 0 Å². The second-order valence-electron chi connectivity index (χ2n) is 4.34. The third-order valence-electron chi connectivity index (χ3n) is 2.73. The Morgan fingerprint density at radius 3 is 2.60 bits per heavy atom. The molecule has 2 aromatic carbocycles. The third kappa shape index (κ3) is 4.12. The molecule has 0 unspecified atom stereocenters. The molecule has 0 saturated heterocycles. The van der Waals surface area contributed by atoms with Crippen molar-refractivity contribution < 1.29 is 4.79 Å². The summed E-state index contributed by atoms with van der Waals surface area (Å²) in [5, 5.41) is 4.02. The molecule has 0 fully saturated rings. The topological polar surface area (TPSA) is 29.1 Å². The van der Waals surface area contributed by atoms with E-state index >= 15 is 0 Å². The Morgan fingerprint density at radius 2 is 1.85 bits per heavy atom. The van der Waals surface area contributed by atoms with Crippen LogP contribution in [0.15, 0.2) is 48.5 Å². The number of halogens is 2. The summed E-state index contributed by atoms with van der Waals surface area (Å²) >= 11 is 11.8. The Morgan fingerprint density at radius 1 is 1.10 bits per heavy atom. The smallest absolute Gasteiger partial charge is 0.248 e. The van der Waals surface area contributed by atoms with E-state index in [0.717, 1.165) is 11.1 Å². The fraction of sp³-hybridized carbons (Fsp3) is 0.0625. The highest BCUT2D eigenvalue weighted by Crippen LogP contribution is 2.20. The van der Waals surface area contributed by atoms with Crippen LogP contribution in [0, 0.1) is 6.92 Å². The van der Waals surface area contributed by atoms with E-state index < -0.39 is 0 Å². The highest BCUT2D eigenvalue weighted by molar-refractivity contribution is 6.31. The monoisotopic (exact) mass is 305 g/mol. The first-order valence-corrected chi connectivity index (χ1v) is 6.81. The molecule has 0 aliphatic heterocycles. The van der Waals surface area contributed by atoms with E-state index in [4.69, 9.17) is 23.2 Å². The van der Waals surface area contributed by atoms with Gasteiger partial charge >= 0.3 is 0 Å². The Hall–Kier alpha value is -1.77. The Bertz CT molecular complexity index is 665. The zero-order chi connectivity index (χ0) is 14.5. The van der Waals surface area contributed by atoms with Gasteiger partial charge in [-0.3, -0.25) is 4.79 Å². The van der Waals surface area contributed by atoms with Crippen LogP contribution in [0.1, 0.15) is 11.1 Å². The van der Waals surface area contributed by atoms with E-state index in [1.807, 2.05) is 25.1 Å². The molecule has 0 heterocycles. The van der Waals surface area contributed by atoms with Gasteiger partial charge in [-0.1, -0.05) is 41.4 Å². The lowest BCUT2D eigenvalue weighted by atomic mass is 10.2. The summed E-state index contributed by atoms with van der Waals surface area (Å²) in [6.45, 7) is 1.91. The van der Waals surface area contributed by atoms with Crippen molar-refractivity contribution >= 4 is 40.9 Å². The molecule has 0 aromatic heterocycles. The summed E-state index contributed by atoms with van der Waals surface area (Å²) < 4.78 is 0. The lowest BCUT2D eigenvalue weighted by Crippen LogP contribution is -2.08. The van der Waals surface area contributed by atoms with Crippen LogP contribution in [0.25, 0.3) is 6.08 Å². The largest absolute Gasteiger partial charge is 0.322 e. The minimum atomic E-state index is -0.213. The van der Waals surface area contributed by atoms with Gasteiger partial charge in [0.15, 0.2) is 0 Å². The van der Waals surface area contributed by atoms with Gasteiger partial charge in [-0.2, -0.15) is 0 Å². The fourth-order valence-electron chi connectivity index (χ4n) is 1.69. The third-order valence-corrected chi connectivity index (χ3v) is 3.20. The molecule has 1 amide bonds. The number of amides is 1. The van der Waals surface area contributed by atoms with E-state index in [-0.39, 0.29) is 5.91 Å². The molecule has 4 heteroatoms. The molecular weight excluding hydrogens is 293 g/mol. The molecule has 102 valence electrons. The number of benzene rings is 2. The molecule has 0 saturated carbocycles. The maximum Gasteiger partial charge on any atom is 0.248 e. The molecule has 0 radical (unpaired) electrons. The minimum Gasteiger partial charge on any atom is -0.322 e. The molecule has 0 aliphatic carbocycles. The van der Waals surface area contributed by atoms with Gasteiger partial charge in [-0.05, 0) is 48.4 Å². The zero-order valence-electron chi connectivity index (χ0n) is 10.9. The van der Waals surface area contributed by atoms with E-state index in [9.17, 15) is 4.79 Å². The van der Waals surface area contributed by atoms with Crippen LogP contribution in [0.2, 0.25) is 10.0 Å². The van der Waals surface area contributed by atoms with Crippen molar-refractivity contribution in [3.05, 3.63) is 69.7 Å². The van der Waals surface area contributed by atoms with Crippen molar-refractivity contribution in [2.75, 3.05) is 5.32 Å². The van der Waals surface area contributed by atoms with E-state index in [2.05, 4.69) is 5.32 Å². The van der Waals surface area contributed by atoms with Crippen molar-refractivity contribution in [2.45, 2.75) is 6.92 Å². The second kappa shape index (κ2) is 6.60. The molecule has 0 bridgehead atoms. The Labute approximate surface area is 128 Å². The standard InChI is InChI=1S/C16H13Cl2NO/c1-11-5-7-14(18)10-15(11)19-16(20)8-6-12-3-2-4-13(17)9-12/h2-10H,1H3,(H,19,20)/b8-6+. The number of carbonyl (C=O) groups excluding carboxylic acids is 1. The minimum absolute atomic E-state index is 0.213. The zero-order valence-corrected chi connectivity index (χ0v) is 12.4. The predicted octanol–water partition coefficient (Wildman–Crippen LogP) is 4.95. The molecule has 0 aliphatic rings. The molecule has 0 atom stereocenters. The Balaban J connectivity index is 2.07. The summed E-state index contributed by atoms with van der Waals surface area (Å²) in [5.41, 5.74) is 2.53.